The molecule has 10 heteroatoms. The normalized spacial score (nSPS) is 12.6. The van der Waals surface area contributed by atoms with E-state index < -0.39 is 20.0 Å². The van der Waals surface area contributed by atoms with Crippen molar-refractivity contribution in [3.63, 3.8) is 0 Å². The van der Waals surface area contributed by atoms with Gasteiger partial charge < -0.3 is 0 Å². The first-order valence-corrected chi connectivity index (χ1v) is 9.75. The summed E-state index contributed by atoms with van der Waals surface area (Å²) in [6, 6.07) is 5.17. The lowest BCUT2D eigenvalue weighted by Gasteiger charge is -2.07. The quantitative estimate of drug-likeness (QED) is 0.831. The summed E-state index contributed by atoms with van der Waals surface area (Å²) in [5.74, 6) is 0. The van der Waals surface area contributed by atoms with Crippen molar-refractivity contribution >= 4 is 25.7 Å². The topological polar surface area (TPSA) is 124 Å². The van der Waals surface area contributed by atoms with Gasteiger partial charge in [-0.1, -0.05) is 0 Å². The Labute approximate surface area is 135 Å². The second-order valence-electron chi connectivity index (χ2n) is 5.33. The van der Waals surface area contributed by atoms with Crippen LogP contribution in [0.4, 0.5) is 5.69 Å². The summed E-state index contributed by atoms with van der Waals surface area (Å²) in [4.78, 5) is -0.0222. The first kappa shape index (κ1) is 17.4. The number of aryl methyl sites for hydroxylation is 1. The molecule has 1 heterocycles. The Morgan fingerprint density at radius 3 is 2.13 bits per heavy atom. The molecule has 0 aliphatic heterocycles. The number of hydrogen-bond acceptors (Lipinski definition) is 5. The molecule has 0 aliphatic rings. The van der Waals surface area contributed by atoms with E-state index in [2.05, 4.69) is 9.82 Å². The van der Waals surface area contributed by atoms with Gasteiger partial charge in [-0.2, -0.15) is 5.10 Å². The molecule has 2 rings (SSSR count). The number of primary sulfonamides is 1. The van der Waals surface area contributed by atoms with Crippen LogP contribution < -0.4 is 9.86 Å². The third-order valence-corrected chi connectivity index (χ3v) is 5.54. The van der Waals surface area contributed by atoms with Crippen molar-refractivity contribution in [2.45, 2.75) is 36.6 Å². The highest BCUT2D eigenvalue weighted by Crippen LogP contribution is 2.21. The molecule has 1 aromatic heterocycles. The van der Waals surface area contributed by atoms with E-state index in [1.165, 1.54) is 30.5 Å². The number of anilines is 1. The fourth-order valence-corrected chi connectivity index (χ4v) is 3.66. The fraction of sp³-hybridized carbons (Fsp3) is 0.308. The van der Waals surface area contributed by atoms with Gasteiger partial charge in [-0.3, -0.25) is 9.40 Å². The van der Waals surface area contributed by atoms with Crippen molar-refractivity contribution in [3.8, 4) is 0 Å². The lowest BCUT2D eigenvalue weighted by molar-refractivity contribution is 0.528. The smallest absolute Gasteiger partial charge is 0.265 e. The molecule has 126 valence electrons. The summed E-state index contributed by atoms with van der Waals surface area (Å²) < 4.78 is 51.2. The molecule has 2 aromatic rings. The van der Waals surface area contributed by atoms with Gasteiger partial charge in [0.05, 0.1) is 10.6 Å². The highest BCUT2D eigenvalue weighted by Gasteiger charge is 2.21. The molecule has 0 amide bonds. The Morgan fingerprint density at radius 1 is 1.13 bits per heavy atom. The van der Waals surface area contributed by atoms with Gasteiger partial charge in [-0.25, -0.2) is 22.0 Å². The van der Waals surface area contributed by atoms with Crippen molar-refractivity contribution in [1.29, 1.82) is 0 Å². The highest BCUT2D eigenvalue weighted by molar-refractivity contribution is 7.92. The van der Waals surface area contributed by atoms with Gasteiger partial charge in [0.2, 0.25) is 10.0 Å². The lowest BCUT2D eigenvalue weighted by Crippen LogP contribution is -2.14. The molecular formula is C13H18N4O4S2. The fourth-order valence-electron chi connectivity index (χ4n) is 1.92. The van der Waals surface area contributed by atoms with Crippen molar-refractivity contribution in [2.24, 2.45) is 5.14 Å². The molecule has 23 heavy (non-hydrogen) atoms. The van der Waals surface area contributed by atoms with Gasteiger partial charge in [0.15, 0.2) is 0 Å². The van der Waals surface area contributed by atoms with Gasteiger partial charge in [0.25, 0.3) is 10.0 Å². The van der Waals surface area contributed by atoms with E-state index in [0.717, 1.165) is 0 Å². The van der Waals surface area contributed by atoms with Crippen LogP contribution in [0.5, 0.6) is 0 Å². The standard InChI is InChI=1S/C13H18N4O4S2/c1-9(2)17-8-13(10(3)15-17)23(20,21)16-11-4-6-12(7-5-11)22(14,18)19/h4-9,16H,1-3H3,(H2,14,18,19). The largest absolute Gasteiger partial charge is 0.280 e. The molecule has 0 bridgehead atoms. The first-order chi connectivity index (χ1) is 10.5. The van der Waals surface area contributed by atoms with Crippen molar-refractivity contribution < 1.29 is 16.8 Å². The molecular weight excluding hydrogens is 340 g/mol. The minimum atomic E-state index is -3.82. The van der Waals surface area contributed by atoms with Crippen LogP contribution in [0.1, 0.15) is 25.6 Å². The highest BCUT2D eigenvalue weighted by atomic mass is 32.2. The summed E-state index contributed by atoms with van der Waals surface area (Å²) in [7, 11) is -7.64. The molecule has 0 saturated carbocycles. The maximum Gasteiger partial charge on any atom is 0.265 e. The van der Waals surface area contributed by atoms with Crippen LogP contribution >= 0.6 is 0 Å². The molecule has 3 N–H and O–H groups in total. The minimum absolute atomic E-state index is 0.0340. The molecule has 0 fully saturated rings. The molecule has 0 unspecified atom stereocenters. The second kappa shape index (κ2) is 5.95. The zero-order chi connectivity index (χ0) is 17.4. The first-order valence-electron chi connectivity index (χ1n) is 6.72. The van der Waals surface area contributed by atoms with Crippen LogP contribution in [0.25, 0.3) is 0 Å². The zero-order valence-corrected chi connectivity index (χ0v) is 14.5. The Morgan fingerprint density at radius 2 is 1.70 bits per heavy atom. The number of aromatic nitrogens is 2. The predicted molar refractivity (Wildman–Crippen MR) is 86.0 cm³/mol. The summed E-state index contributed by atoms with van der Waals surface area (Å²) in [5.41, 5.74) is 0.612. The van der Waals surface area contributed by atoms with E-state index in [0.29, 0.717) is 5.69 Å². The van der Waals surface area contributed by atoms with E-state index in [4.69, 9.17) is 5.14 Å². The van der Waals surface area contributed by atoms with Crippen LogP contribution in [0.15, 0.2) is 40.3 Å². The Kier molecular flexibility index (Phi) is 4.51. The third-order valence-electron chi connectivity index (χ3n) is 3.13. The summed E-state index contributed by atoms with van der Waals surface area (Å²) in [6.45, 7) is 5.39. The van der Waals surface area contributed by atoms with Crippen molar-refractivity contribution in [1.82, 2.24) is 9.78 Å². The van der Waals surface area contributed by atoms with E-state index >= 15 is 0 Å². The van der Waals surface area contributed by atoms with Crippen LogP contribution in [-0.4, -0.2) is 26.6 Å². The predicted octanol–water partition coefficient (Wildman–Crippen LogP) is 1.22. The van der Waals surface area contributed by atoms with Crippen LogP contribution in [0.3, 0.4) is 0 Å². The molecule has 0 spiro atoms. The molecule has 0 saturated heterocycles. The van der Waals surface area contributed by atoms with Crippen LogP contribution in [0.2, 0.25) is 0 Å². The van der Waals surface area contributed by atoms with Gasteiger partial charge >= 0.3 is 0 Å². The van der Waals surface area contributed by atoms with Crippen LogP contribution in [0, 0.1) is 6.92 Å². The second-order valence-corrected chi connectivity index (χ2v) is 8.54. The summed E-state index contributed by atoms with van der Waals surface area (Å²) in [6.07, 6.45) is 1.46. The van der Waals surface area contributed by atoms with Crippen LogP contribution in [-0.2, 0) is 20.0 Å². The molecule has 0 atom stereocenters. The molecule has 0 radical (unpaired) electrons. The number of sulfonamides is 2. The summed E-state index contributed by atoms with van der Waals surface area (Å²) >= 11 is 0. The Balaban J connectivity index is 2.31. The SMILES string of the molecule is Cc1nn(C(C)C)cc1S(=O)(=O)Nc1ccc(S(N)(=O)=O)cc1. The Hall–Kier alpha value is -1.91. The monoisotopic (exact) mass is 358 g/mol. The van der Waals surface area contributed by atoms with Crippen molar-refractivity contribution in [2.75, 3.05) is 4.72 Å². The van der Waals surface area contributed by atoms with Gasteiger partial charge in [-0.15, -0.1) is 0 Å². The van der Waals surface area contributed by atoms with E-state index in [1.54, 1.807) is 11.6 Å². The number of benzene rings is 1. The maximum atomic E-state index is 12.4. The number of hydrogen-bond donors (Lipinski definition) is 2. The Bertz CT molecular complexity index is 913. The van der Waals surface area contributed by atoms with Gasteiger partial charge in [-0.05, 0) is 45.0 Å². The van der Waals surface area contributed by atoms with E-state index in [1.807, 2.05) is 13.8 Å². The van der Waals surface area contributed by atoms with Gasteiger partial charge in [0.1, 0.15) is 4.90 Å². The molecule has 1 aromatic carbocycles. The number of nitrogens with zero attached hydrogens (tertiary/aromatic N) is 2. The number of rotatable bonds is 5. The molecule has 8 nitrogen and oxygen atoms in total. The summed E-state index contributed by atoms with van der Waals surface area (Å²) in [5, 5.41) is 9.16. The average Bonchev–Trinajstić information content (AvgIpc) is 2.81. The minimum Gasteiger partial charge on any atom is -0.280 e. The van der Waals surface area contributed by atoms with E-state index in [-0.39, 0.29) is 21.5 Å². The average molecular weight is 358 g/mol. The van der Waals surface area contributed by atoms with Crippen molar-refractivity contribution in [3.05, 3.63) is 36.2 Å². The van der Waals surface area contributed by atoms with Gasteiger partial charge in [0, 0.05) is 17.9 Å². The number of nitrogens with two attached hydrogens (primary N) is 1. The molecule has 0 aliphatic carbocycles. The van der Waals surface area contributed by atoms with E-state index in [9.17, 15) is 16.8 Å². The third kappa shape index (κ3) is 3.89. The lowest BCUT2D eigenvalue weighted by atomic mass is 10.3. The number of nitrogens with one attached hydrogen (secondary N) is 1. The zero-order valence-electron chi connectivity index (χ0n) is 12.9. The maximum absolute atomic E-state index is 12.4.